The summed E-state index contributed by atoms with van der Waals surface area (Å²) in [6.45, 7) is 0. The number of carbonyl (C=O) groups excluding carboxylic acids is 1. The molecule has 5 nitrogen and oxygen atoms in total. The lowest BCUT2D eigenvalue weighted by Crippen LogP contribution is -2.29. The second-order valence-electron chi connectivity index (χ2n) is 5.96. The van der Waals surface area contributed by atoms with Gasteiger partial charge >= 0.3 is 5.97 Å². The first-order valence-electron chi connectivity index (χ1n) is 8.04. The fraction of sp³-hybridized carbons (Fsp3) is 0.200. The highest BCUT2D eigenvalue weighted by Gasteiger charge is 2.64. The van der Waals surface area contributed by atoms with E-state index in [0.717, 1.165) is 11.1 Å². The molecule has 126 valence electrons. The zero-order chi connectivity index (χ0) is 17.3. The maximum absolute atomic E-state index is 12.4. The van der Waals surface area contributed by atoms with E-state index in [9.17, 15) is 4.79 Å². The molecule has 25 heavy (non-hydrogen) atoms. The van der Waals surface area contributed by atoms with Crippen molar-refractivity contribution in [3.8, 4) is 11.5 Å². The van der Waals surface area contributed by atoms with Gasteiger partial charge in [-0.25, -0.2) is 9.78 Å². The van der Waals surface area contributed by atoms with Crippen LogP contribution in [0.3, 0.4) is 0 Å². The Morgan fingerprint density at radius 1 is 1.12 bits per heavy atom. The Bertz CT molecular complexity index is 875. The highest BCUT2D eigenvalue weighted by Crippen LogP contribution is 2.52. The number of carbonyl (C=O) groups is 1. The van der Waals surface area contributed by atoms with Crippen molar-refractivity contribution < 1.29 is 18.7 Å². The molecule has 0 N–H and O–H groups in total. The first kappa shape index (κ1) is 15.6. The molecule has 0 saturated carbocycles. The number of esters is 1. The van der Waals surface area contributed by atoms with E-state index in [2.05, 4.69) is 4.98 Å². The molecule has 0 spiro atoms. The molecule has 2 unspecified atom stereocenters. The minimum atomic E-state index is -1.05. The summed E-state index contributed by atoms with van der Waals surface area (Å²) in [6, 6.07) is 19.3. The van der Waals surface area contributed by atoms with Crippen LogP contribution >= 0.6 is 0 Å². The average Bonchev–Trinajstić information content (AvgIpc) is 3.22. The maximum Gasteiger partial charge on any atom is 0.341 e. The standard InChI is InChI=1S/C20H17NO4/c1-23-19(22)20(17(25-20)14-8-4-2-5-9-14)12-16-13-21-18(24-16)15-10-6-3-7-11-15/h2-11,13,17H,12H2,1H3. The van der Waals surface area contributed by atoms with Gasteiger partial charge in [-0.15, -0.1) is 0 Å². The van der Waals surface area contributed by atoms with Crippen LogP contribution in [0.5, 0.6) is 0 Å². The summed E-state index contributed by atoms with van der Waals surface area (Å²) >= 11 is 0. The third-order valence-electron chi connectivity index (χ3n) is 4.34. The average molecular weight is 335 g/mol. The molecule has 1 saturated heterocycles. The number of hydrogen-bond donors (Lipinski definition) is 0. The van der Waals surface area contributed by atoms with Crippen LogP contribution < -0.4 is 0 Å². The first-order valence-corrected chi connectivity index (χ1v) is 8.04. The third kappa shape index (κ3) is 2.83. The van der Waals surface area contributed by atoms with Crippen LogP contribution in [-0.2, 0) is 20.7 Å². The summed E-state index contributed by atoms with van der Waals surface area (Å²) in [5, 5.41) is 0. The highest BCUT2D eigenvalue weighted by molar-refractivity contribution is 5.84. The Labute approximate surface area is 145 Å². The van der Waals surface area contributed by atoms with E-state index in [1.807, 2.05) is 60.7 Å². The van der Waals surface area contributed by atoms with Crippen LogP contribution in [0.2, 0.25) is 0 Å². The molecule has 1 aromatic heterocycles. The number of oxazole rings is 1. The zero-order valence-electron chi connectivity index (χ0n) is 13.7. The van der Waals surface area contributed by atoms with Crippen molar-refractivity contribution in [2.45, 2.75) is 18.1 Å². The molecule has 2 heterocycles. The molecule has 2 aromatic carbocycles. The zero-order valence-corrected chi connectivity index (χ0v) is 13.7. The number of hydrogen-bond acceptors (Lipinski definition) is 5. The molecule has 1 fully saturated rings. The van der Waals surface area contributed by atoms with Gasteiger partial charge in [-0.05, 0) is 17.7 Å². The number of ether oxygens (including phenoxy) is 2. The van der Waals surface area contributed by atoms with E-state index in [-0.39, 0.29) is 12.5 Å². The number of benzene rings is 2. The van der Waals surface area contributed by atoms with Crippen LogP contribution in [-0.4, -0.2) is 23.7 Å². The maximum atomic E-state index is 12.4. The quantitative estimate of drug-likeness (QED) is 0.527. The number of aromatic nitrogens is 1. The summed E-state index contributed by atoms with van der Waals surface area (Å²) in [5.74, 6) is 0.703. The fourth-order valence-electron chi connectivity index (χ4n) is 3.04. The van der Waals surface area contributed by atoms with E-state index in [4.69, 9.17) is 13.9 Å². The molecule has 5 heteroatoms. The van der Waals surface area contributed by atoms with Crippen molar-refractivity contribution in [1.29, 1.82) is 0 Å². The largest absolute Gasteiger partial charge is 0.467 e. The van der Waals surface area contributed by atoms with Gasteiger partial charge in [-0.2, -0.15) is 0 Å². The summed E-state index contributed by atoms with van der Waals surface area (Å²) in [7, 11) is 1.36. The van der Waals surface area contributed by atoms with Crippen molar-refractivity contribution in [2.75, 3.05) is 7.11 Å². The normalized spacial score (nSPS) is 21.7. The van der Waals surface area contributed by atoms with E-state index >= 15 is 0 Å². The highest BCUT2D eigenvalue weighted by atomic mass is 16.7. The lowest BCUT2D eigenvalue weighted by atomic mass is 9.95. The van der Waals surface area contributed by atoms with Gasteiger partial charge in [0.15, 0.2) is 0 Å². The molecule has 1 aliphatic heterocycles. The SMILES string of the molecule is COC(=O)C1(Cc2cnc(-c3ccccc3)o2)OC1c1ccccc1. The number of epoxide rings is 1. The lowest BCUT2D eigenvalue weighted by molar-refractivity contribution is -0.147. The monoisotopic (exact) mass is 335 g/mol. The summed E-state index contributed by atoms with van der Waals surface area (Å²) in [4.78, 5) is 16.7. The molecule has 4 rings (SSSR count). The molecule has 0 bridgehead atoms. The van der Waals surface area contributed by atoms with Gasteiger partial charge in [0.05, 0.1) is 19.7 Å². The lowest BCUT2D eigenvalue weighted by Gasteiger charge is -2.08. The fourth-order valence-corrected chi connectivity index (χ4v) is 3.04. The second-order valence-corrected chi connectivity index (χ2v) is 5.96. The van der Waals surface area contributed by atoms with Crippen molar-refractivity contribution in [1.82, 2.24) is 4.98 Å². The summed E-state index contributed by atoms with van der Waals surface area (Å²) < 4.78 is 16.6. The molecular formula is C20H17NO4. The van der Waals surface area contributed by atoms with Gasteiger partial charge in [0.2, 0.25) is 11.5 Å². The van der Waals surface area contributed by atoms with Gasteiger partial charge in [0, 0.05) is 5.56 Å². The minimum Gasteiger partial charge on any atom is -0.467 e. The Morgan fingerprint density at radius 3 is 2.48 bits per heavy atom. The smallest absolute Gasteiger partial charge is 0.341 e. The topological polar surface area (TPSA) is 64.9 Å². The van der Waals surface area contributed by atoms with Crippen LogP contribution in [0.1, 0.15) is 17.4 Å². The first-order chi connectivity index (χ1) is 12.2. The molecule has 0 amide bonds. The summed E-state index contributed by atoms with van der Waals surface area (Å²) in [5.41, 5.74) is 0.775. The van der Waals surface area contributed by atoms with Crippen LogP contribution in [0.25, 0.3) is 11.5 Å². The van der Waals surface area contributed by atoms with Crippen LogP contribution in [0.4, 0.5) is 0 Å². The van der Waals surface area contributed by atoms with Crippen molar-refractivity contribution in [2.24, 2.45) is 0 Å². The second kappa shape index (κ2) is 6.18. The predicted octanol–water partition coefficient (Wildman–Crippen LogP) is 3.57. The number of nitrogens with zero attached hydrogens (tertiary/aromatic N) is 1. The van der Waals surface area contributed by atoms with E-state index in [0.29, 0.717) is 11.7 Å². The van der Waals surface area contributed by atoms with Gasteiger partial charge < -0.3 is 13.9 Å². The third-order valence-corrected chi connectivity index (χ3v) is 4.34. The van der Waals surface area contributed by atoms with Crippen molar-refractivity contribution in [3.05, 3.63) is 78.2 Å². The Hall–Kier alpha value is -2.92. The van der Waals surface area contributed by atoms with Gasteiger partial charge in [0.25, 0.3) is 0 Å². The molecule has 2 atom stereocenters. The van der Waals surface area contributed by atoms with Crippen molar-refractivity contribution >= 4 is 5.97 Å². The van der Waals surface area contributed by atoms with E-state index < -0.39 is 11.6 Å². The number of rotatable bonds is 5. The van der Waals surface area contributed by atoms with Crippen molar-refractivity contribution in [3.63, 3.8) is 0 Å². The minimum absolute atomic E-state index is 0.277. The predicted molar refractivity (Wildman–Crippen MR) is 90.7 cm³/mol. The molecular weight excluding hydrogens is 318 g/mol. The molecule has 3 aromatic rings. The molecule has 1 aliphatic rings. The van der Waals surface area contributed by atoms with E-state index in [1.54, 1.807) is 6.20 Å². The van der Waals surface area contributed by atoms with Gasteiger partial charge in [-0.3, -0.25) is 0 Å². The molecule has 0 aliphatic carbocycles. The summed E-state index contributed by atoms with van der Waals surface area (Å²) in [6.07, 6.45) is 1.57. The number of methoxy groups -OCH3 is 1. The van der Waals surface area contributed by atoms with E-state index in [1.165, 1.54) is 7.11 Å². The Kier molecular flexibility index (Phi) is 3.86. The van der Waals surface area contributed by atoms with Gasteiger partial charge in [0.1, 0.15) is 11.9 Å². The van der Waals surface area contributed by atoms with Crippen LogP contribution in [0.15, 0.2) is 71.3 Å². The Morgan fingerprint density at radius 2 is 1.80 bits per heavy atom. The van der Waals surface area contributed by atoms with Gasteiger partial charge in [-0.1, -0.05) is 48.5 Å². The Balaban J connectivity index is 1.59. The molecule has 0 radical (unpaired) electrons. The van der Waals surface area contributed by atoms with Crippen LogP contribution in [0, 0.1) is 0 Å².